The maximum atomic E-state index is 13.0. The van der Waals surface area contributed by atoms with Crippen LogP contribution in [-0.4, -0.2) is 23.5 Å². The predicted molar refractivity (Wildman–Crippen MR) is 71.7 cm³/mol. The summed E-state index contributed by atoms with van der Waals surface area (Å²) in [5.74, 6) is 3.87. The predicted octanol–water partition coefficient (Wildman–Crippen LogP) is 3.74. The second kappa shape index (κ2) is 5.96. The number of hydrogen-bond acceptors (Lipinski definition) is 2. The van der Waals surface area contributed by atoms with E-state index in [1.807, 2.05) is 11.8 Å². The highest BCUT2D eigenvalue weighted by molar-refractivity contribution is 7.99. The van der Waals surface area contributed by atoms with Crippen LogP contribution in [0.25, 0.3) is 0 Å². The summed E-state index contributed by atoms with van der Waals surface area (Å²) in [5, 5.41) is 0. The molecule has 2 atom stereocenters. The standard InChI is InChI=1S/C13H16ClFOS/c1-9(6-14)7-17-8-12-5-10-4-11(15)2-3-13(10)16-12/h2-4,9,12H,5-8H2,1H3. The van der Waals surface area contributed by atoms with Gasteiger partial charge in [-0.3, -0.25) is 0 Å². The molecule has 0 saturated heterocycles. The zero-order valence-corrected chi connectivity index (χ0v) is 11.4. The van der Waals surface area contributed by atoms with E-state index in [4.69, 9.17) is 16.3 Å². The van der Waals surface area contributed by atoms with Crippen molar-refractivity contribution in [3.05, 3.63) is 29.6 Å². The van der Waals surface area contributed by atoms with Gasteiger partial charge in [0.25, 0.3) is 0 Å². The minimum Gasteiger partial charge on any atom is -0.489 e. The van der Waals surface area contributed by atoms with E-state index in [9.17, 15) is 4.39 Å². The van der Waals surface area contributed by atoms with Crippen molar-refractivity contribution in [3.63, 3.8) is 0 Å². The first-order valence-electron chi connectivity index (χ1n) is 5.78. The van der Waals surface area contributed by atoms with Gasteiger partial charge in [-0.25, -0.2) is 4.39 Å². The first kappa shape index (κ1) is 13.0. The summed E-state index contributed by atoms with van der Waals surface area (Å²) in [7, 11) is 0. The second-order valence-corrected chi connectivity index (χ2v) is 5.88. The van der Waals surface area contributed by atoms with Crippen LogP contribution in [0.15, 0.2) is 18.2 Å². The first-order chi connectivity index (χ1) is 8.19. The van der Waals surface area contributed by atoms with Crippen LogP contribution >= 0.6 is 23.4 Å². The molecule has 1 nitrogen and oxygen atoms in total. The summed E-state index contributed by atoms with van der Waals surface area (Å²) < 4.78 is 18.8. The van der Waals surface area contributed by atoms with Crippen LogP contribution in [0.4, 0.5) is 4.39 Å². The molecule has 0 spiro atoms. The minimum atomic E-state index is -0.184. The fraction of sp³-hybridized carbons (Fsp3) is 0.538. The van der Waals surface area contributed by atoms with Crippen molar-refractivity contribution in [2.45, 2.75) is 19.4 Å². The molecule has 0 radical (unpaired) electrons. The van der Waals surface area contributed by atoms with Crippen LogP contribution in [0.5, 0.6) is 5.75 Å². The number of ether oxygens (including phenoxy) is 1. The molecule has 0 aromatic heterocycles. The Morgan fingerprint density at radius 2 is 2.41 bits per heavy atom. The molecule has 1 aromatic carbocycles. The Balaban J connectivity index is 1.80. The van der Waals surface area contributed by atoms with Crippen molar-refractivity contribution in [2.24, 2.45) is 5.92 Å². The van der Waals surface area contributed by atoms with Crippen LogP contribution in [0.3, 0.4) is 0 Å². The molecule has 0 aliphatic carbocycles. The molecule has 0 amide bonds. The quantitative estimate of drug-likeness (QED) is 0.757. The lowest BCUT2D eigenvalue weighted by Crippen LogP contribution is -2.17. The molecule has 2 rings (SSSR count). The SMILES string of the molecule is CC(CCl)CSCC1Cc2cc(F)ccc2O1. The van der Waals surface area contributed by atoms with E-state index in [1.54, 1.807) is 12.1 Å². The van der Waals surface area contributed by atoms with Crippen LogP contribution in [0.1, 0.15) is 12.5 Å². The summed E-state index contributed by atoms with van der Waals surface area (Å²) in [6, 6.07) is 4.74. The third-order valence-corrected chi connectivity index (χ3v) is 4.67. The Labute approximate surface area is 111 Å². The number of halogens is 2. The lowest BCUT2D eigenvalue weighted by atomic mass is 10.1. The molecule has 17 heavy (non-hydrogen) atoms. The van der Waals surface area contributed by atoms with Gasteiger partial charge in [0.1, 0.15) is 17.7 Å². The third-order valence-electron chi connectivity index (χ3n) is 2.73. The number of rotatable bonds is 5. The van der Waals surface area contributed by atoms with Crippen LogP contribution < -0.4 is 4.74 Å². The normalized spacial score (nSPS) is 19.8. The van der Waals surface area contributed by atoms with Gasteiger partial charge in [-0.05, 0) is 29.9 Å². The van der Waals surface area contributed by atoms with Crippen molar-refractivity contribution in [1.29, 1.82) is 0 Å². The average molecular weight is 275 g/mol. The van der Waals surface area contributed by atoms with E-state index in [1.165, 1.54) is 6.07 Å². The van der Waals surface area contributed by atoms with Gasteiger partial charge in [-0.15, -0.1) is 11.6 Å². The Bertz CT molecular complexity index is 386. The number of thioether (sulfide) groups is 1. The summed E-state index contributed by atoms with van der Waals surface area (Å²) in [4.78, 5) is 0. The van der Waals surface area contributed by atoms with Crippen molar-refractivity contribution < 1.29 is 9.13 Å². The molecule has 1 aliphatic heterocycles. The van der Waals surface area contributed by atoms with E-state index in [-0.39, 0.29) is 11.9 Å². The molecule has 4 heteroatoms. The van der Waals surface area contributed by atoms with Gasteiger partial charge in [-0.1, -0.05) is 6.92 Å². The Hall–Kier alpha value is -0.410. The van der Waals surface area contributed by atoms with E-state index in [2.05, 4.69) is 6.92 Å². The van der Waals surface area contributed by atoms with Crippen LogP contribution in [-0.2, 0) is 6.42 Å². The number of benzene rings is 1. The summed E-state index contributed by atoms with van der Waals surface area (Å²) in [5.41, 5.74) is 0.987. The molecular weight excluding hydrogens is 259 g/mol. The lowest BCUT2D eigenvalue weighted by Gasteiger charge is -2.11. The lowest BCUT2D eigenvalue weighted by molar-refractivity contribution is 0.259. The largest absolute Gasteiger partial charge is 0.489 e. The van der Waals surface area contributed by atoms with Gasteiger partial charge in [0.2, 0.25) is 0 Å². The number of alkyl halides is 1. The van der Waals surface area contributed by atoms with Crippen molar-refractivity contribution in [1.82, 2.24) is 0 Å². The molecule has 0 N–H and O–H groups in total. The molecule has 1 aromatic rings. The van der Waals surface area contributed by atoms with E-state index in [0.717, 1.165) is 29.2 Å². The summed E-state index contributed by atoms with van der Waals surface area (Å²) in [6.45, 7) is 2.14. The highest BCUT2D eigenvalue weighted by Crippen LogP contribution is 2.30. The van der Waals surface area contributed by atoms with Crippen LogP contribution in [0.2, 0.25) is 0 Å². The van der Waals surface area contributed by atoms with Crippen molar-refractivity contribution >= 4 is 23.4 Å². The molecule has 2 unspecified atom stereocenters. The Morgan fingerprint density at radius 3 is 3.18 bits per heavy atom. The number of fused-ring (bicyclic) bond motifs is 1. The molecule has 94 valence electrons. The fourth-order valence-electron chi connectivity index (χ4n) is 1.83. The average Bonchev–Trinajstić information content (AvgIpc) is 2.70. The molecule has 1 aliphatic rings. The topological polar surface area (TPSA) is 9.23 Å². The highest BCUT2D eigenvalue weighted by Gasteiger charge is 2.23. The molecule has 0 fully saturated rings. The van der Waals surface area contributed by atoms with Crippen molar-refractivity contribution in [2.75, 3.05) is 17.4 Å². The van der Waals surface area contributed by atoms with Crippen molar-refractivity contribution in [3.8, 4) is 5.75 Å². The zero-order chi connectivity index (χ0) is 12.3. The fourth-order valence-corrected chi connectivity index (χ4v) is 3.17. The van der Waals surface area contributed by atoms with Crippen LogP contribution in [0, 0.1) is 11.7 Å². The van der Waals surface area contributed by atoms with Gasteiger partial charge in [0, 0.05) is 23.6 Å². The van der Waals surface area contributed by atoms with E-state index in [0.29, 0.717) is 11.8 Å². The Morgan fingerprint density at radius 1 is 1.59 bits per heavy atom. The maximum Gasteiger partial charge on any atom is 0.123 e. The number of hydrogen-bond donors (Lipinski definition) is 0. The molecular formula is C13H16ClFOS. The first-order valence-corrected chi connectivity index (χ1v) is 7.46. The maximum absolute atomic E-state index is 13.0. The van der Waals surface area contributed by atoms with Gasteiger partial charge in [0.15, 0.2) is 0 Å². The Kier molecular flexibility index (Phi) is 4.57. The highest BCUT2D eigenvalue weighted by atomic mass is 35.5. The third kappa shape index (κ3) is 3.52. The molecule has 1 heterocycles. The molecule has 0 saturated carbocycles. The van der Waals surface area contributed by atoms with E-state index < -0.39 is 0 Å². The monoisotopic (exact) mass is 274 g/mol. The van der Waals surface area contributed by atoms with Gasteiger partial charge < -0.3 is 4.74 Å². The zero-order valence-electron chi connectivity index (χ0n) is 9.79. The smallest absolute Gasteiger partial charge is 0.123 e. The molecule has 0 bridgehead atoms. The summed E-state index contributed by atoms with van der Waals surface area (Å²) >= 11 is 7.61. The van der Waals surface area contributed by atoms with Gasteiger partial charge in [-0.2, -0.15) is 11.8 Å². The minimum absolute atomic E-state index is 0.180. The van der Waals surface area contributed by atoms with Gasteiger partial charge in [0.05, 0.1) is 0 Å². The van der Waals surface area contributed by atoms with E-state index >= 15 is 0 Å². The second-order valence-electron chi connectivity index (χ2n) is 4.49. The van der Waals surface area contributed by atoms with Gasteiger partial charge >= 0.3 is 0 Å². The summed E-state index contributed by atoms with van der Waals surface area (Å²) in [6.07, 6.45) is 0.995.